The van der Waals surface area contributed by atoms with Crippen LogP contribution in [0.4, 0.5) is 0 Å². The highest BCUT2D eigenvalue weighted by molar-refractivity contribution is 5.61. The summed E-state index contributed by atoms with van der Waals surface area (Å²) in [6, 6.07) is 0. The Balaban J connectivity index is 2.72. The van der Waals surface area contributed by atoms with Crippen molar-refractivity contribution in [1.29, 1.82) is 0 Å². The summed E-state index contributed by atoms with van der Waals surface area (Å²) in [5.41, 5.74) is 0. The van der Waals surface area contributed by atoms with Crippen molar-refractivity contribution in [3.8, 4) is 12.3 Å². The van der Waals surface area contributed by atoms with Gasteiger partial charge in [-0.2, -0.15) is 0 Å². The first-order valence-electron chi connectivity index (χ1n) is 1.62. The second-order valence-corrected chi connectivity index (χ2v) is 0.780. The van der Waals surface area contributed by atoms with Gasteiger partial charge in [-0.05, 0) is 0 Å². The summed E-state index contributed by atoms with van der Waals surface area (Å²) >= 11 is 0. The molecule has 6 heavy (non-hydrogen) atoms. The Bertz CT molecular complexity index is 68.5. The number of hydrogen-bond donors (Lipinski definition) is 0. The zero-order chi connectivity index (χ0) is 4.83. The van der Waals surface area contributed by atoms with Crippen LogP contribution in [-0.4, -0.2) is 6.29 Å². The summed E-state index contributed by atoms with van der Waals surface area (Å²) in [4.78, 5) is 9.41. The summed E-state index contributed by atoms with van der Waals surface area (Å²) in [7, 11) is 0. The van der Waals surface area contributed by atoms with E-state index in [9.17, 15) is 4.79 Å². The summed E-state index contributed by atoms with van der Waals surface area (Å²) in [5, 5.41) is 0. The van der Waals surface area contributed by atoms with Crippen molar-refractivity contribution >= 4 is 6.29 Å². The lowest BCUT2D eigenvalue weighted by atomic mass is 10.4. The molecule has 0 fully saturated rings. The van der Waals surface area contributed by atoms with E-state index in [4.69, 9.17) is 6.42 Å². The van der Waals surface area contributed by atoms with Gasteiger partial charge < -0.3 is 4.79 Å². The number of rotatable bonds is 2. The highest BCUT2D eigenvalue weighted by Gasteiger charge is 1.71. The highest BCUT2D eigenvalue weighted by atomic mass is 16.1. The van der Waals surface area contributed by atoms with Crippen molar-refractivity contribution in [2.75, 3.05) is 0 Å². The summed E-state index contributed by atoms with van der Waals surface area (Å²) in [6.45, 7) is 0. The number of carbonyl (C=O) groups excluding carboxylic acids is 1. The Hall–Kier alpha value is -0.770. The molecular weight excluding hydrogens is 76.1 g/mol. The van der Waals surface area contributed by atoms with E-state index in [1.165, 1.54) is 6.42 Å². The van der Waals surface area contributed by atoms with Crippen LogP contribution in [0.25, 0.3) is 0 Å². The molecule has 0 aromatic carbocycles. The third-order valence-electron chi connectivity index (χ3n) is 0.332. The van der Waals surface area contributed by atoms with Gasteiger partial charge in [0.25, 0.3) is 0 Å². The molecule has 0 saturated carbocycles. The van der Waals surface area contributed by atoms with Crippen LogP contribution in [0.3, 0.4) is 0 Å². The van der Waals surface area contributed by atoms with Gasteiger partial charge in [-0.25, -0.2) is 0 Å². The number of hydrogen-bond acceptors (Lipinski definition) is 1. The van der Waals surface area contributed by atoms with Crippen LogP contribution in [0.2, 0.25) is 0 Å². The molecule has 0 spiro atoms. The van der Waals surface area contributed by atoms with Crippen LogP contribution in [0.1, 0.15) is 6.42 Å². The maximum Gasteiger partial charge on any atom is 0.124 e. The fourth-order valence-electron chi connectivity index (χ4n) is 0.116. The van der Waals surface area contributed by atoms with Gasteiger partial charge in [-0.3, -0.25) is 0 Å². The van der Waals surface area contributed by atoms with Gasteiger partial charge >= 0.3 is 0 Å². The first-order valence-corrected chi connectivity index (χ1v) is 1.62. The smallest absolute Gasteiger partial charge is 0.124 e. The van der Waals surface area contributed by atoms with Crippen molar-refractivity contribution in [2.24, 2.45) is 0 Å². The number of terminal acetylenes is 1. The first-order chi connectivity index (χ1) is 2.91. The van der Waals surface area contributed by atoms with Gasteiger partial charge in [-0.1, -0.05) is 0 Å². The third kappa shape index (κ3) is 3.23. The molecule has 0 aromatic heterocycles. The van der Waals surface area contributed by atoms with Gasteiger partial charge in [0.2, 0.25) is 0 Å². The van der Waals surface area contributed by atoms with Crippen molar-refractivity contribution in [3.63, 3.8) is 0 Å². The monoisotopic (exact) mass is 81.0 g/mol. The zero-order valence-electron chi connectivity index (χ0n) is 3.35. The van der Waals surface area contributed by atoms with E-state index >= 15 is 0 Å². The minimum Gasteiger partial charge on any atom is -0.303 e. The SMILES string of the molecule is C#CC[CH]C=O. The summed E-state index contributed by atoms with van der Waals surface area (Å²) in [5.74, 6) is 2.28. The Labute approximate surface area is 37.4 Å². The normalized spacial score (nSPS) is 6.50. The quantitative estimate of drug-likeness (QED) is 0.267. The van der Waals surface area contributed by atoms with Crippen LogP contribution in [-0.2, 0) is 4.79 Å². The molecule has 0 bridgehead atoms. The molecule has 0 aliphatic heterocycles. The maximum absolute atomic E-state index is 9.41. The lowest BCUT2D eigenvalue weighted by Crippen LogP contribution is -1.69. The van der Waals surface area contributed by atoms with Gasteiger partial charge in [0, 0.05) is 12.8 Å². The molecule has 31 valence electrons. The Kier molecular flexibility index (Phi) is 3.69. The Morgan fingerprint density at radius 3 is 2.67 bits per heavy atom. The molecule has 0 heterocycles. The molecule has 0 aliphatic carbocycles. The summed E-state index contributed by atoms with van der Waals surface area (Å²) < 4.78 is 0. The van der Waals surface area contributed by atoms with Gasteiger partial charge in [0.15, 0.2) is 0 Å². The predicted molar refractivity (Wildman–Crippen MR) is 23.8 cm³/mol. The molecule has 1 nitrogen and oxygen atoms in total. The van der Waals surface area contributed by atoms with Crippen molar-refractivity contribution in [1.82, 2.24) is 0 Å². The molecule has 0 amide bonds. The lowest BCUT2D eigenvalue weighted by Gasteiger charge is -1.68. The van der Waals surface area contributed by atoms with Gasteiger partial charge in [0.05, 0.1) is 0 Å². The van der Waals surface area contributed by atoms with Crippen LogP contribution in [0.5, 0.6) is 0 Å². The number of carbonyl (C=O) groups is 1. The summed E-state index contributed by atoms with van der Waals surface area (Å²) in [6.07, 6.45) is 7.31. The first kappa shape index (κ1) is 5.23. The van der Waals surface area contributed by atoms with Gasteiger partial charge in [-0.15, -0.1) is 12.3 Å². The highest BCUT2D eigenvalue weighted by Crippen LogP contribution is 1.73. The van der Waals surface area contributed by atoms with Gasteiger partial charge in [0.1, 0.15) is 6.29 Å². The second kappa shape index (κ2) is 4.23. The zero-order valence-corrected chi connectivity index (χ0v) is 3.35. The van der Waals surface area contributed by atoms with E-state index in [1.807, 2.05) is 0 Å². The van der Waals surface area contributed by atoms with E-state index in [-0.39, 0.29) is 0 Å². The van der Waals surface area contributed by atoms with Crippen LogP contribution in [0, 0.1) is 18.8 Å². The van der Waals surface area contributed by atoms with E-state index in [0.29, 0.717) is 12.7 Å². The second-order valence-electron chi connectivity index (χ2n) is 0.780. The molecule has 0 saturated heterocycles. The van der Waals surface area contributed by atoms with Crippen molar-refractivity contribution in [3.05, 3.63) is 6.42 Å². The average Bonchev–Trinajstić information content (AvgIpc) is 1.61. The fraction of sp³-hybridized carbons (Fsp3) is 0.200. The largest absolute Gasteiger partial charge is 0.303 e. The molecule has 0 unspecified atom stereocenters. The standard InChI is InChI=1S/C5H5O/c1-2-3-4-5-6/h1,4-5H,3H2. The topological polar surface area (TPSA) is 17.1 Å². The molecule has 0 aromatic rings. The fourth-order valence-corrected chi connectivity index (χ4v) is 0.116. The van der Waals surface area contributed by atoms with Crippen LogP contribution >= 0.6 is 0 Å². The van der Waals surface area contributed by atoms with E-state index in [2.05, 4.69) is 5.92 Å². The minimum atomic E-state index is 0.448. The molecule has 1 heteroatoms. The Morgan fingerprint density at radius 2 is 2.50 bits per heavy atom. The molecule has 0 atom stereocenters. The van der Waals surface area contributed by atoms with Crippen LogP contribution < -0.4 is 0 Å². The van der Waals surface area contributed by atoms with Crippen molar-refractivity contribution in [2.45, 2.75) is 6.42 Å². The molecule has 1 radical (unpaired) electrons. The lowest BCUT2D eigenvalue weighted by molar-refractivity contribution is -0.105. The van der Waals surface area contributed by atoms with E-state index in [1.54, 1.807) is 0 Å². The molecule has 0 aliphatic rings. The maximum atomic E-state index is 9.41. The predicted octanol–water partition coefficient (Wildman–Crippen LogP) is 0.413. The minimum absolute atomic E-state index is 0.448. The number of aldehydes is 1. The third-order valence-corrected chi connectivity index (χ3v) is 0.332. The Morgan fingerprint density at radius 1 is 1.83 bits per heavy atom. The molecule has 0 N–H and O–H groups in total. The number of unbranched alkanes of at least 4 members (excludes halogenated alkanes) is 1. The van der Waals surface area contributed by atoms with Crippen LogP contribution in [0.15, 0.2) is 0 Å². The molecular formula is C5H5O. The molecule has 0 rings (SSSR count). The van der Waals surface area contributed by atoms with E-state index < -0.39 is 0 Å². The van der Waals surface area contributed by atoms with Crippen molar-refractivity contribution < 1.29 is 4.79 Å². The average molecular weight is 81.1 g/mol. The van der Waals surface area contributed by atoms with E-state index in [0.717, 1.165) is 0 Å².